The lowest BCUT2D eigenvalue weighted by Gasteiger charge is -2.14. The number of carbonyl (C=O) groups is 1. The summed E-state index contributed by atoms with van der Waals surface area (Å²) in [5.41, 5.74) is 2.53. The van der Waals surface area contributed by atoms with Crippen molar-refractivity contribution in [1.82, 2.24) is 0 Å². The Morgan fingerprint density at radius 1 is 1.35 bits per heavy atom. The predicted octanol–water partition coefficient (Wildman–Crippen LogP) is 2.74. The van der Waals surface area contributed by atoms with Crippen molar-refractivity contribution < 1.29 is 13.9 Å². The molecule has 2 rings (SSSR count). The third kappa shape index (κ3) is 3.32. The van der Waals surface area contributed by atoms with Gasteiger partial charge in [-0.2, -0.15) is 0 Å². The maximum atomic E-state index is 11.3. The summed E-state index contributed by atoms with van der Waals surface area (Å²) in [6.45, 7) is 0.508. The maximum Gasteiger partial charge on any atom is 0.341 e. The van der Waals surface area contributed by atoms with E-state index in [2.05, 4.69) is 10.1 Å². The van der Waals surface area contributed by atoms with Crippen molar-refractivity contribution in [2.75, 3.05) is 31.4 Å². The van der Waals surface area contributed by atoms with Gasteiger partial charge in [0.1, 0.15) is 12.0 Å². The van der Waals surface area contributed by atoms with Crippen LogP contribution < -0.4 is 10.2 Å². The van der Waals surface area contributed by atoms with Gasteiger partial charge in [-0.3, -0.25) is 0 Å². The highest BCUT2D eigenvalue weighted by atomic mass is 16.5. The highest BCUT2D eigenvalue weighted by molar-refractivity contribution is 5.89. The van der Waals surface area contributed by atoms with Gasteiger partial charge in [0, 0.05) is 25.5 Å². The summed E-state index contributed by atoms with van der Waals surface area (Å²) >= 11 is 0. The zero-order valence-electron chi connectivity index (χ0n) is 11.8. The third-order valence-corrected chi connectivity index (χ3v) is 2.90. The molecule has 0 atom stereocenters. The highest BCUT2D eigenvalue weighted by Gasteiger charge is 2.09. The number of furan rings is 1. The van der Waals surface area contributed by atoms with Gasteiger partial charge >= 0.3 is 5.97 Å². The van der Waals surface area contributed by atoms with Crippen molar-refractivity contribution in [2.24, 2.45) is 0 Å². The molecule has 1 heterocycles. The minimum Gasteiger partial charge on any atom is -0.467 e. The van der Waals surface area contributed by atoms with E-state index >= 15 is 0 Å². The predicted molar refractivity (Wildman–Crippen MR) is 78.1 cm³/mol. The molecule has 106 valence electrons. The van der Waals surface area contributed by atoms with Gasteiger partial charge in [0.05, 0.1) is 19.2 Å². The third-order valence-electron chi connectivity index (χ3n) is 2.90. The second kappa shape index (κ2) is 6.14. The quantitative estimate of drug-likeness (QED) is 0.850. The van der Waals surface area contributed by atoms with Crippen molar-refractivity contribution in [3.63, 3.8) is 0 Å². The molecule has 0 spiro atoms. The normalized spacial score (nSPS) is 10.2. The van der Waals surface area contributed by atoms with E-state index in [-0.39, 0.29) is 0 Å². The standard InChI is InChI=1S/C15H18N2O3/c1-17(2)13-6-4-5-12(8-13)16-9-14-7-11(10-20-14)15(18)19-3/h4-8,10,16H,9H2,1-3H3. The average molecular weight is 274 g/mol. The lowest BCUT2D eigenvalue weighted by molar-refractivity contribution is 0.0600. The SMILES string of the molecule is COC(=O)c1coc(CNc2cccc(N(C)C)c2)c1. The lowest BCUT2D eigenvalue weighted by Crippen LogP contribution is -2.09. The molecule has 0 bridgehead atoms. The molecule has 5 nitrogen and oxygen atoms in total. The molecule has 0 unspecified atom stereocenters. The van der Waals surface area contributed by atoms with Crippen LogP contribution in [0.15, 0.2) is 41.0 Å². The molecule has 5 heteroatoms. The van der Waals surface area contributed by atoms with Crippen LogP contribution >= 0.6 is 0 Å². The Labute approximate surface area is 118 Å². The Morgan fingerprint density at radius 2 is 2.15 bits per heavy atom. The minimum absolute atomic E-state index is 0.394. The minimum atomic E-state index is -0.394. The Morgan fingerprint density at radius 3 is 2.85 bits per heavy atom. The van der Waals surface area contributed by atoms with Gasteiger partial charge in [-0.15, -0.1) is 0 Å². The number of rotatable bonds is 5. The summed E-state index contributed by atoms with van der Waals surface area (Å²) in [4.78, 5) is 13.3. The Hall–Kier alpha value is -2.43. The van der Waals surface area contributed by atoms with E-state index in [1.165, 1.54) is 13.4 Å². The number of esters is 1. The van der Waals surface area contributed by atoms with Crippen LogP contribution in [0.4, 0.5) is 11.4 Å². The molecule has 1 N–H and O–H groups in total. The number of carbonyl (C=O) groups excluding carboxylic acids is 1. The van der Waals surface area contributed by atoms with E-state index in [4.69, 9.17) is 4.42 Å². The second-order valence-electron chi connectivity index (χ2n) is 4.59. The molecule has 0 aliphatic carbocycles. The van der Waals surface area contributed by atoms with Gasteiger partial charge in [0.2, 0.25) is 0 Å². The Balaban J connectivity index is 2.00. The molecule has 1 aromatic heterocycles. The first-order valence-electron chi connectivity index (χ1n) is 6.27. The first kappa shape index (κ1) is 14.0. The van der Waals surface area contributed by atoms with Gasteiger partial charge in [-0.1, -0.05) is 6.07 Å². The van der Waals surface area contributed by atoms with Crippen molar-refractivity contribution in [3.8, 4) is 0 Å². The van der Waals surface area contributed by atoms with Crippen molar-refractivity contribution in [3.05, 3.63) is 47.9 Å². The molecule has 1 aromatic carbocycles. The van der Waals surface area contributed by atoms with Crippen LogP contribution in [0.1, 0.15) is 16.1 Å². The number of ether oxygens (including phenoxy) is 1. The molecular weight excluding hydrogens is 256 g/mol. The number of anilines is 2. The molecule has 0 radical (unpaired) electrons. The van der Waals surface area contributed by atoms with E-state index in [1.54, 1.807) is 6.07 Å². The number of hydrogen-bond acceptors (Lipinski definition) is 5. The van der Waals surface area contributed by atoms with Crippen LogP contribution in [0.25, 0.3) is 0 Å². The number of benzene rings is 1. The van der Waals surface area contributed by atoms with Crippen molar-refractivity contribution in [2.45, 2.75) is 6.54 Å². The van der Waals surface area contributed by atoms with Crippen LogP contribution in [0.3, 0.4) is 0 Å². The van der Waals surface area contributed by atoms with Gasteiger partial charge in [0.15, 0.2) is 0 Å². The topological polar surface area (TPSA) is 54.7 Å². The van der Waals surface area contributed by atoms with Gasteiger partial charge in [0.25, 0.3) is 0 Å². The summed E-state index contributed by atoms with van der Waals surface area (Å²) in [6, 6.07) is 9.73. The molecule has 0 saturated carbocycles. The molecular formula is C15H18N2O3. The Kier molecular flexibility index (Phi) is 4.30. The fraction of sp³-hybridized carbons (Fsp3) is 0.267. The second-order valence-corrected chi connectivity index (χ2v) is 4.59. The Bertz CT molecular complexity index is 590. The maximum absolute atomic E-state index is 11.3. The number of methoxy groups -OCH3 is 1. The molecule has 2 aromatic rings. The molecule has 0 aliphatic rings. The first-order valence-corrected chi connectivity index (χ1v) is 6.27. The smallest absolute Gasteiger partial charge is 0.341 e. The lowest BCUT2D eigenvalue weighted by atomic mass is 10.2. The summed E-state index contributed by atoms with van der Waals surface area (Å²) in [5.74, 6) is 0.287. The van der Waals surface area contributed by atoms with Crippen LogP contribution in [0.5, 0.6) is 0 Å². The summed E-state index contributed by atoms with van der Waals surface area (Å²) in [7, 11) is 5.34. The molecule has 0 saturated heterocycles. The highest BCUT2D eigenvalue weighted by Crippen LogP contribution is 2.18. The van der Waals surface area contributed by atoms with E-state index < -0.39 is 5.97 Å². The largest absolute Gasteiger partial charge is 0.467 e. The number of nitrogens with one attached hydrogen (secondary N) is 1. The molecule has 0 fully saturated rings. The van der Waals surface area contributed by atoms with E-state index in [9.17, 15) is 4.79 Å². The van der Waals surface area contributed by atoms with E-state index in [0.29, 0.717) is 17.9 Å². The van der Waals surface area contributed by atoms with E-state index in [0.717, 1.165) is 11.4 Å². The summed E-state index contributed by atoms with van der Waals surface area (Å²) in [6.07, 6.45) is 1.40. The first-order chi connectivity index (χ1) is 9.60. The number of hydrogen-bond donors (Lipinski definition) is 1. The summed E-state index contributed by atoms with van der Waals surface area (Å²) < 4.78 is 9.94. The monoisotopic (exact) mass is 274 g/mol. The van der Waals surface area contributed by atoms with Gasteiger partial charge < -0.3 is 19.4 Å². The number of nitrogens with zero attached hydrogens (tertiary/aromatic N) is 1. The fourth-order valence-electron chi connectivity index (χ4n) is 1.78. The molecule has 0 amide bonds. The molecule has 0 aliphatic heterocycles. The van der Waals surface area contributed by atoms with Crippen LogP contribution in [-0.4, -0.2) is 27.2 Å². The molecule has 20 heavy (non-hydrogen) atoms. The van der Waals surface area contributed by atoms with Crippen molar-refractivity contribution >= 4 is 17.3 Å². The van der Waals surface area contributed by atoms with Crippen LogP contribution in [-0.2, 0) is 11.3 Å². The van der Waals surface area contributed by atoms with Crippen LogP contribution in [0, 0.1) is 0 Å². The fourth-order valence-corrected chi connectivity index (χ4v) is 1.78. The zero-order chi connectivity index (χ0) is 14.5. The van der Waals surface area contributed by atoms with Crippen LogP contribution in [0.2, 0.25) is 0 Å². The zero-order valence-corrected chi connectivity index (χ0v) is 11.8. The average Bonchev–Trinajstić information content (AvgIpc) is 2.93. The summed E-state index contributed by atoms with van der Waals surface area (Å²) in [5, 5.41) is 3.25. The van der Waals surface area contributed by atoms with Gasteiger partial charge in [-0.25, -0.2) is 4.79 Å². The van der Waals surface area contributed by atoms with E-state index in [1.807, 2.05) is 43.3 Å². The van der Waals surface area contributed by atoms with Gasteiger partial charge in [-0.05, 0) is 24.3 Å². The van der Waals surface area contributed by atoms with Crippen molar-refractivity contribution in [1.29, 1.82) is 0 Å².